The number of fused-ring (bicyclic) bond motifs is 1. The van der Waals surface area contributed by atoms with Gasteiger partial charge in [0.15, 0.2) is 9.84 Å². The number of hydrogen-bond donors (Lipinski definition) is 0. The molecule has 2 heterocycles. The second-order valence-corrected chi connectivity index (χ2v) is 9.66. The summed E-state index contributed by atoms with van der Waals surface area (Å²) in [7, 11) is -3.26. The maximum atomic E-state index is 13.0. The molecule has 32 heavy (non-hydrogen) atoms. The Balaban J connectivity index is 1.58. The van der Waals surface area contributed by atoms with Gasteiger partial charge in [-0.25, -0.2) is 18.4 Å². The third-order valence-electron chi connectivity index (χ3n) is 5.04. The van der Waals surface area contributed by atoms with Crippen LogP contribution in [0.4, 0.5) is 0 Å². The first-order valence-electron chi connectivity index (χ1n) is 9.98. The SMILES string of the molecule is Cc1ccc(CC#Cc2cc3c(=O)n(Cc4ccc(S(C)(=O)=O)cc4)cnc3cn2)cc1. The minimum Gasteiger partial charge on any atom is -0.294 e. The van der Waals surface area contributed by atoms with E-state index in [-0.39, 0.29) is 17.0 Å². The Bertz CT molecular complexity index is 1510. The van der Waals surface area contributed by atoms with Crippen molar-refractivity contribution >= 4 is 20.7 Å². The first kappa shape index (κ1) is 21.5. The van der Waals surface area contributed by atoms with E-state index in [1.165, 1.54) is 28.6 Å². The van der Waals surface area contributed by atoms with Crippen molar-refractivity contribution in [3.05, 3.63) is 99.9 Å². The number of sulfone groups is 1. The summed E-state index contributed by atoms with van der Waals surface area (Å²) in [6, 6.07) is 16.3. The molecule has 0 atom stereocenters. The molecule has 0 fully saturated rings. The zero-order chi connectivity index (χ0) is 22.7. The molecular formula is C25H21N3O3S. The predicted molar refractivity (Wildman–Crippen MR) is 124 cm³/mol. The van der Waals surface area contributed by atoms with Gasteiger partial charge in [-0.3, -0.25) is 9.36 Å². The van der Waals surface area contributed by atoms with Gasteiger partial charge in [-0.15, -0.1) is 0 Å². The van der Waals surface area contributed by atoms with Crippen LogP contribution in [0.5, 0.6) is 0 Å². The molecule has 0 unspecified atom stereocenters. The maximum absolute atomic E-state index is 13.0. The van der Waals surface area contributed by atoms with E-state index in [1.54, 1.807) is 24.4 Å². The number of rotatable bonds is 4. The summed E-state index contributed by atoms with van der Waals surface area (Å²) in [4.78, 5) is 21.9. The second kappa shape index (κ2) is 8.77. The summed E-state index contributed by atoms with van der Waals surface area (Å²) in [6.07, 6.45) is 4.78. The molecular weight excluding hydrogens is 422 g/mol. The molecule has 0 aliphatic heterocycles. The van der Waals surface area contributed by atoms with Crippen molar-refractivity contribution in [2.45, 2.75) is 24.8 Å². The van der Waals surface area contributed by atoms with Crippen molar-refractivity contribution < 1.29 is 8.42 Å². The zero-order valence-corrected chi connectivity index (χ0v) is 18.6. The molecule has 0 spiro atoms. The van der Waals surface area contributed by atoms with Gasteiger partial charge in [0.05, 0.1) is 34.9 Å². The first-order valence-corrected chi connectivity index (χ1v) is 11.9. The number of hydrogen-bond acceptors (Lipinski definition) is 5. The summed E-state index contributed by atoms with van der Waals surface area (Å²) in [5.74, 6) is 6.13. The van der Waals surface area contributed by atoms with Crippen molar-refractivity contribution in [1.82, 2.24) is 14.5 Å². The summed E-state index contributed by atoms with van der Waals surface area (Å²) in [5, 5.41) is 0.440. The fraction of sp³-hybridized carbons (Fsp3) is 0.160. The van der Waals surface area contributed by atoms with Crippen molar-refractivity contribution in [1.29, 1.82) is 0 Å². The van der Waals surface area contributed by atoms with Gasteiger partial charge in [0.1, 0.15) is 5.69 Å². The van der Waals surface area contributed by atoms with E-state index < -0.39 is 9.84 Å². The molecule has 0 aliphatic rings. The Labute approximate surface area is 186 Å². The lowest BCUT2D eigenvalue weighted by Gasteiger charge is -2.07. The second-order valence-electron chi connectivity index (χ2n) is 7.64. The highest BCUT2D eigenvalue weighted by atomic mass is 32.2. The third-order valence-corrected chi connectivity index (χ3v) is 6.17. The Hall–Kier alpha value is -3.76. The largest absolute Gasteiger partial charge is 0.294 e. The Morgan fingerprint density at radius 2 is 1.66 bits per heavy atom. The van der Waals surface area contributed by atoms with Crippen molar-refractivity contribution in [3.8, 4) is 11.8 Å². The lowest BCUT2D eigenvalue weighted by molar-refractivity contribution is 0.602. The molecule has 0 N–H and O–H groups in total. The summed E-state index contributed by atoms with van der Waals surface area (Å²) < 4.78 is 24.7. The van der Waals surface area contributed by atoms with Crippen molar-refractivity contribution in [2.24, 2.45) is 0 Å². The van der Waals surface area contributed by atoms with Gasteiger partial charge < -0.3 is 0 Å². The van der Waals surface area contributed by atoms with Gasteiger partial charge in [-0.05, 0) is 42.2 Å². The van der Waals surface area contributed by atoms with E-state index in [2.05, 4.69) is 21.8 Å². The lowest BCUT2D eigenvalue weighted by atomic mass is 10.1. The number of aryl methyl sites for hydroxylation is 1. The van der Waals surface area contributed by atoms with Crippen LogP contribution in [0.3, 0.4) is 0 Å². The van der Waals surface area contributed by atoms with Crippen LogP contribution >= 0.6 is 0 Å². The minimum absolute atomic E-state index is 0.203. The normalized spacial score (nSPS) is 11.2. The molecule has 4 aromatic rings. The van der Waals surface area contributed by atoms with Gasteiger partial charge in [-0.1, -0.05) is 47.9 Å². The van der Waals surface area contributed by atoms with Gasteiger partial charge in [0.25, 0.3) is 5.56 Å². The van der Waals surface area contributed by atoms with Gasteiger partial charge in [0.2, 0.25) is 0 Å². The van der Waals surface area contributed by atoms with Crippen LogP contribution in [0.25, 0.3) is 10.9 Å². The van der Waals surface area contributed by atoms with E-state index in [9.17, 15) is 13.2 Å². The van der Waals surface area contributed by atoms with E-state index in [4.69, 9.17) is 0 Å². The molecule has 7 heteroatoms. The molecule has 2 aromatic carbocycles. The van der Waals surface area contributed by atoms with Gasteiger partial charge in [-0.2, -0.15) is 0 Å². The average molecular weight is 444 g/mol. The fourth-order valence-electron chi connectivity index (χ4n) is 3.22. The van der Waals surface area contributed by atoms with Crippen molar-refractivity contribution in [2.75, 3.05) is 6.26 Å². The highest BCUT2D eigenvalue weighted by molar-refractivity contribution is 7.90. The maximum Gasteiger partial charge on any atom is 0.261 e. The summed E-state index contributed by atoms with van der Waals surface area (Å²) in [6.45, 7) is 2.32. The Morgan fingerprint density at radius 3 is 2.34 bits per heavy atom. The zero-order valence-electron chi connectivity index (χ0n) is 17.7. The molecule has 2 aromatic heterocycles. The quantitative estimate of drug-likeness (QED) is 0.453. The summed E-state index contributed by atoms with van der Waals surface area (Å²) in [5.41, 5.74) is 3.93. The number of nitrogens with zero attached hydrogens (tertiary/aromatic N) is 3. The number of aromatic nitrogens is 3. The highest BCUT2D eigenvalue weighted by Crippen LogP contribution is 2.12. The van der Waals surface area contributed by atoms with Crippen LogP contribution in [-0.4, -0.2) is 29.2 Å². The Kier molecular flexibility index (Phi) is 5.89. The van der Waals surface area contributed by atoms with Gasteiger partial charge >= 0.3 is 0 Å². The van der Waals surface area contributed by atoms with Crippen LogP contribution in [0.2, 0.25) is 0 Å². The molecule has 0 radical (unpaired) electrons. The minimum atomic E-state index is -3.26. The van der Waals surface area contributed by atoms with E-state index in [0.29, 0.717) is 23.0 Å². The van der Waals surface area contributed by atoms with Crippen LogP contribution in [0, 0.1) is 18.8 Å². The van der Waals surface area contributed by atoms with Gasteiger partial charge in [0, 0.05) is 12.7 Å². The van der Waals surface area contributed by atoms with E-state index in [1.807, 2.05) is 31.2 Å². The molecule has 0 amide bonds. The predicted octanol–water partition coefficient (Wildman–Crippen LogP) is 3.15. The van der Waals surface area contributed by atoms with Crippen molar-refractivity contribution in [3.63, 3.8) is 0 Å². The molecule has 160 valence electrons. The van der Waals surface area contributed by atoms with Crippen LogP contribution in [0.1, 0.15) is 22.4 Å². The standard InChI is InChI=1S/C25H21N3O3S/c1-18-6-8-19(9-7-18)4-3-5-21-14-23-24(15-26-21)27-17-28(25(23)29)16-20-10-12-22(13-11-20)32(2,30)31/h6-15,17H,4,16H2,1-2H3. The summed E-state index contributed by atoms with van der Waals surface area (Å²) >= 11 is 0. The fourth-order valence-corrected chi connectivity index (χ4v) is 3.85. The first-order chi connectivity index (χ1) is 15.3. The number of benzene rings is 2. The average Bonchev–Trinajstić information content (AvgIpc) is 2.77. The molecule has 0 aliphatic carbocycles. The Morgan fingerprint density at radius 1 is 0.969 bits per heavy atom. The smallest absolute Gasteiger partial charge is 0.261 e. The molecule has 4 rings (SSSR count). The van der Waals surface area contributed by atoms with E-state index in [0.717, 1.165) is 17.4 Å². The highest BCUT2D eigenvalue weighted by Gasteiger charge is 2.09. The molecule has 0 bridgehead atoms. The topological polar surface area (TPSA) is 81.9 Å². The van der Waals surface area contributed by atoms with Crippen LogP contribution < -0.4 is 5.56 Å². The molecule has 0 saturated heterocycles. The third kappa shape index (κ3) is 4.93. The lowest BCUT2D eigenvalue weighted by Crippen LogP contribution is -2.21. The van der Waals surface area contributed by atoms with Crippen LogP contribution in [-0.2, 0) is 22.8 Å². The number of pyridine rings is 1. The van der Waals surface area contributed by atoms with E-state index >= 15 is 0 Å². The molecule has 0 saturated carbocycles. The molecule has 6 nitrogen and oxygen atoms in total. The monoisotopic (exact) mass is 443 g/mol. The van der Waals surface area contributed by atoms with Crippen LogP contribution in [0.15, 0.2) is 76.8 Å².